The Balaban J connectivity index is 1.97. The fraction of sp³-hybridized carbons (Fsp3) is 0.667. The van der Waals surface area contributed by atoms with Gasteiger partial charge in [0, 0.05) is 25.7 Å². The molecule has 0 bridgehead atoms. The third kappa shape index (κ3) is 2.85. The van der Waals surface area contributed by atoms with Crippen molar-refractivity contribution < 1.29 is 4.79 Å². The van der Waals surface area contributed by atoms with Gasteiger partial charge in [0.15, 0.2) is 0 Å². The van der Waals surface area contributed by atoms with Crippen molar-refractivity contribution in [1.82, 2.24) is 20.2 Å². The first-order valence-corrected chi connectivity index (χ1v) is 7.88. The second kappa shape index (κ2) is 6.08. The van der Waals surface area contributed by atoms with Crippen LogP contribution in [-0.2, 0) is 11.3 Å². The molecule has 0 spiro atoms. The van der Waals surface area contributed by atoms with Gasteiger partial charge >= 0.3 is 0 Å². The zero-order valence-electron chi connectivity index (χ0n) is 13.5. The quantitative estimate of drug-likeness (QED) is 0.844. The SMILES string of the molecule is CC(C)Nc1ncnc2c1CN(C1CCNC1)C(=O)CN2C. The van der Waals surface area contributed by atoms with Crippen LogP contribution in [0, 0.1) is 0 Å². The molecule has 0 radical (unpaired) electrons. The molecule has 2 aliphatic heterocycles. The number of nitrogens with one attached hydrogen (secondary N) is 2. The first-order valence-electron chi connectivity index (χ1n) is 7.88. The highest BCUT2D eigenvalue weighted by Gasteiger charge is 2.32. The highest BCUT2D eigenvalue weighted by molar-refractivity contribution is 5.84. The summed E-state index contributed by atoms with van der Waals surface area (Å²) in [5.74, 6) is 1.84. The summed E-state index contributed by atoms with van der Waals surface area (Å²) in [4.78, 5) is 25.3. The largest absolute Gasteiger partial charge is 0.367 e. The van der Waals surface area contributed by atoms with Crippen molar-refractivity contribution in [2.45, 2.75) is 38.9 Å². The number of fused-ring (bicyclic) bond motifs is 1. The number of anilines is 2. The van der Waals surface area contributed by atoms with E-state index in [4.69, 9.17) is 0 Å². The van der Waals surface area contributed by atoms with Crippen LogP contribution in [-0.4, -0.2) is 59.5 Å². The van der Waals surface area contributed by atoms with Gasteiger partial charge in [-0.25, -0.2) is 9.97 Å². The first-order chi connectivity index (χ1) is 10.6. The molecular formula is C15H24N6O. The van der Waals surface area contributed by atoms with E-state index in [0.717, 1.165) is 36.7 Å². The summed E-state index contributed by atoms with van der Waals surface area (Å²) in [7, 11) is 1.92. The highest BCUT2D eigenvalue weighted by Crippen LogP contribution is 2.29. The van der Waals surface area contributed by atoms with Crippen LogP contribution >= 0.6 is 0 Å². The van der Waals surface area contributed by atoms with E-state index in [1.54, 1.807) is 6.33 Å². The summed E-state index contributed by atoms with van der Waals surface area (Å²) in [5.41, 5.74) is 1.01. The molecule has 1 aromatic rings. The van der Waals surface area contributed by atoms with Gasteiger partial charge in [0.25, 0.3) is 0 Å². The summed E-state index contributed by atoms with van der Waals surface area (Å²) >= 11 is 0. The van der Waals surface area contributed by atoms with Gasteiger partial charge in [-0.15, -0.1) is 0 Å². The molecule has 1 fully saturated rings. The summed E-state index contributed by atoms with van der Waals surface area (Å²) in [6.45, 7) is 6.94. The number of nitrogens with zero attached hydrogens (tertiary/aromatic N) is 4. The number of hydrogen-bond donors (Lipinski definition) is 2. The van der Waals surface area contributed by atoms with Crippen molar-refractivity contribution in [2.75, 3.05) is 36.9 Å². The van der Waals surface area contributed by atoms with E-state index in [1.165, 1.54) is 0 Å². The molecule has 2 aliphatic rings. The lowest BCUT2D eigenvalue weighted by Gasteiger charge is -2.27. The molecule has 1 aromatic heterocycles. The van der Waals surface area contributed by atoms with Gasteiger partial charge in [0.2, 0.25) is 5.91 Å². The van der Waals surface area contributed by atoms with Crippen LogP contribution < -0.4 is 15.5 Å². The van der Waals surface area contributed by atoms with Crippen molar-refractivity contribution in [3.63, 3.8) is 0 Å². The Kier molecular flexibility index (Phi) is 4.15. The van der Waals surface area contributed by atoms with E-state index in [1.807, 2.05) is 16.8 Å². The number of hydrogen-bond acceptors (Lipinski definition) is 6. The Morgan fingerprint density at radius 2 is 2.18 bits per heavy atom. The van der Waals surface area contributed by atoms with E-state index in [-0.39, 0.29) is 18.0 Å². The molecule has 2 N–H and O–H groups in total. The highest BCUT2D eigenvalue weighted by atomic mass is 16.2. The van der Waals surface area contributed by atoms with E-state index in [2.05, 4.69) is 34.4 Å². The van der Waals surface area contributed by atoms with Gasteiger partial charge in [-0.1, -0.05) is 0 Å². The minimum atomic E-state index is 0.157. The zero-order valence-corrected chi connectivity index (χ0v) is 13.5. The lowest BCUT2D eigenvalue weighted by atomic mass is 10.1. The number of amides is 1. The predicted molar refractivity (Wildman–Crippen MR) is 85.9 cm³/mol. The van der Waals surface area contributed by atoms with Gasteiger partial charge in [-0.3, -0.25) is 4.79 Å². The monoisotopic (exact) mass is 304 g/mol. The third-order valence-corrected chi connectivity index (χ3v) is 4.21. The number of carbonyl (C=O) groups is 1. The molecule has 1 amide bonds. The maximum absolute atomic E-state index is 12.6. The minimum Gasteiger partial charge on any atom is -0.367 e. The first kappa shape index (κ1) is 15.0. The molecule has 7 heteroatoms. The van der Waals surface area contributed by atoms with E-state index < -0.39 is 0 Å². The number of rotatable bonds is 3. The van der Waals surface area contributed by atoms with Gasteiger partial charge < -0.3 is 20.4 Å². The van der Waals surface area contributed by atoms with Crippen LogP contribution in [0.3, 0.4) is 0 Å². The Morgan fingerprint density at radius 3 is 2.86 bits per heavy atom. The van der Waals surface area contributed by atoms with Crippen molar-refractivity contribution in [1.29, 1.82) is 0 Å². The molecule has 1 unspecified atom stereocenters. The second-order valence-corrected chi connectivity index (χ2v) is 6.35. The average Bonchev–Trinajstić information content (AvgIpc) is 2.94. The van der Waals surface area contributed by atoms with E-state index in [0.29, 0.717) is 13.1 Å². The van der Waals surface area contributed by atoms with Crippen molar-refractivity contribution >= 4 is 17.5 Å². The Hall–Kier alpha value is -1.89. The predicted octanol–water partition coefficient (Wildman–Crippen LogP) is 0.437. The smallest absolute Gasteiger partial charge is 0.242 e. The third-order valence-electron chi connectivity index (χ3n) is 4.21. The topological polar surface area (TPSA) is 73.4 Å². The minimum absolute atomic E-state index is 0.157. The molecule has 1 atom stereocenters. The number of carbonyl (C=O) groups excluding carboxylic acids is 1. The molecule has 120 valence electrons. The van der Waals surface area contributed by atoms with E-state index >= 15 is 0 Å². The number of likely N-dealkylation sites (N-methyl/N-ethyl adjacent to an activating group) is 1. The molecule has 22 heavy (non-hydrogen) atoms. The van der Waals surface area contributed by atoms with Crippen molar-refractivity contribution in [2.24, 2.45) is 0 Å². The van der Waals surface area contributed by atoms with Crippen LogP contribution in [0.2, 0.25) is 0 Å². The lowest BCUT2D eigenvalue weighted by Crippen LogP contribution is -2.43. The number of aromatic nitrogens is 2. The molecule has 0 aliphatic carbocycles. The standard InChI is InChI=1S/C15H24N6O/c1-10(2)19-14-12-7-21(11-4-5-16-6-11)13(22)8-20(3)15(12)18-9-17-14/h9-11,16H,4-8H2,1-3H3,(H,17,18,19). The summed E-state index contributed by atoms with van der Waals surface area (Å²) in [6, 6.07) is 0.545. The van der Waals surface area contributed by atoms with Crippen molar-refractivity contribution in [3.8, 4) is 0 Å². The van der Waals surface area contributed by atoms with Gasteiger partial charge in [0.1, 0.15) is 18.0 Å². The average molecular weight is 304 g/mol. The van der Waals surface area contributed by atoms with Crippen LogP contribution in [0.25, 0.3) is 0 Å². The Labute approximate surface area is 131 Å². The van der Waals surface area contributed by atoms with Gasteiger partial charge in [0.05, 0.1) is 18.7 Å². The molecule has 7 nitrogen and oxygen atoms in total. The van der Waals surface area contributed by atoms with Crippen LogP contribution in [0.1, 0.15) is 25.8 Å². The van der Waals surface area contributed by atoms with Crippen molar-refractivity contribution in [3.05, 3.63) is 11.9 Å². The second-order valence-electron chi connectivity index (χ2n) is 6.35. The Bertz CT molecular complexity index is 555. The summed E-state index contributed by atoms with van der Waals surface area (Å²) < 4.78 is 0. The fourth-order valence-electron chi connectivity index (χ4n) is 3.14. The molecule has 3 rings (SSSR count). The normalized spacial score (nSPS) is 22.0. The van der Waals surface area contributed by atoms with Gasteiger partial charge in [-0.2, -0.15) is 0 Å². The Morgan fingerprint density at radius 1 is 1.36 bits per heavy atom. The molecular weight excluding hydrogens is 280 g/mol. The molecule has 0 saturated carbocycles. The van der Waals surface area contributed by atoms with Crippen LogP contribution in [0.4, 0.5) is 11.6 Å². The summed E-state index contributed by atoms with van der Waals surface area (Å²) in [5, 5.41) is 6.71. The molecule has 1 saturated heterocycles. The maximum atomic E-state index is 12.6. The molecule has 3 heterocycles. The summed E-state index contributed by atoms with van der Waals surface area (Å²) in [6.07, 6.45) is 2.57. The van der Waals surface area contributed by atoms with E-state index in [9.17, 15) is 4.79 Å². The van der Waals surface area contributed by atoms with Gasteiger partial charge in [-0.05, 0) is 26.8 Å². The zero-order chi connectivity index (χ0) is 15.7. The molecule has 0 aromatic carbocycles. The fourth-order valence-corrected chi connectivity index (χ4v) is 3.14. The van der Waals surface area contributed by atoms with Crippen LogP contribution in [0.5, 0.6) is 0 Å². The lowest BCUT2D eigenvalue weighted by molar-refractivity contribution is -0.132. The van der Waals surface area contributed by atoms with Crippen LogP contribution in [0.15, 0.2) is 6.33 Å². The maximum Gasteiger partial charge on any atom is 0.242 e.